The van der Waals surface area contributed by atoms with Gasteiger partial charge in [0.15, 0.2) is 0 Å². The third-order valence-corrected chi connectivity index (χ3v) is 6.51. The fourth-order valence-corrected chi connectivity index (χ4v) is 5.03. The van der Waals surface area contributed by atoms with E-state index in [-0.39, 0.29) is 23.8 Å². The first-order valence-electron chi connectivity index (χ1n) is 10.9. The number of ether oxygens (including phenoxy) is 1. The summed E-state index contributed by atoms with van der Waals surface area (Å²) < 4.78 is 5.60. The molecule has 3 aliphatic rings. The number of fused-ring (bicyclic) bond motifs is 1. The van der Waals surface area contributed by atoms with E-state index in [1.165, 1.54) is 32.1 Å². The van der Waals surface area contributed by atoms with Gasteiger partial charge in [-0.2, -0.15) is 0 Å². The molecule has 0 aromatic heterocycles. The highest BCUT2D eigenvalue weighted by Crippen LogP contribution is 2.31. The summed E-state index contributed by atoms with van der Waals surface area (Å²) in [7, 11) is 0. The van der Waals surface area contributed by atoms with Crippen molar-refractivity contribution in [2.24, 2.45) is 11.8 Å². The van der Waals surface area contributed by atoms with E-state index in [4.69, 9.17) is 4.74 Å². The van der Waals surface area contributed by atoms with E-state index in [1.807, 2.05) is 0 Å². The van der Waals surface area contributed by atoms with Gasteiger partial charge in [-0.05, 0) is 31.6 Å². The van der Waals surface area contributed by atoms with Crippen molar-refractivity contribution in [3.05, 3.63) is 0 Å². The molecule has 2 saturated carbocycles. The molecule has 0 spiro atoms. The Bertz CT molecular complexity index is 462. The molecule has 1 heterocycles. The molecular weight excluding hydrogens is 328 g/mol. The summed E-state index contributed by atoms with van der Waals surface area (Å²) >= 11 is 0. The zero-order valence-electron chi connectivity index (χ0n) is 16.2. The molecule has 5 nitrogen and oxygen atoms in total. The number of hydrogen-bond acceptors (Lipinski definition) is 3. The highest BCUT2D eigenvalue weighted by Gasteiger charge is 2.36. The van der Waals surface area contributed by atoms with Gasteiger partial charge in [-0.1, -0.05) is 44.9 Å². The molecule has 2 atom stereocenters. The molecule has 148 valence electrons. The number of carbonyl (C=O) groups excluding carboxylic acids is 2. The van der Waals surface area contributed by atoms with E-state index in [9.17, 15) is 9.59 Å². The Hall–Kier alpha value is -1.10. The zero-order chi connectivity index (χ0) is 18.2. The highest BCUT2D eigenvalue weighted by molar-refractivity contribution is 5.82. The summed E-state index contributed by atoms with van der Waals surface area (Å²) in [5, 5.41) is 3.02. The maximum Gasteiger partial charge on any atom is 0.225 e. The van der Waals surface area contributed by atoms with Crippen LogP contribution >= 0.6 is 0 Å². The Morgan fingerprint density at radius 1 is 1.00 bits per heavy atom. The second-order valence-electron chi connectivity index (χ2n) is 8.35. The molecule has 5 heteroatoms. The molecule has 2 aliphatic carbocycles. The first-order valence-corrected chi connectivity index (χ1v) is 10.9. The molecule has 0 aromatic rings. The molecule has 1 saturated heterocycles. The Morgan fingerprint density at radius 3 is 2.62 bits per heavy atom. The number of hydrogen-bond donors (Lipinski definition) is 1. The van der Waals surface area contributed by atoms with E-state index < -0.39 is 0 Å². The SMILES string of the molecule is O=C1NCCOCCCN(C(=O)CCC2CCCCC2)[C@H]2CCCC[C@@H]12. The number of nitrogens with one attached hydrogen (secondary N) is 1. The predicted octanol–water partition coefficient (Wildman–Crippen LogP) is 3.27. The maximum atomic E-state index is 13.1. The predicted molar refractivity (Wildman–Crippen MR) is 102 cm³/mol. The topological polar surface area (TPSA) is 58.6 Å². The minimum atomic E-state index is -0.0412. The van der Waals surface area contributed by atoms with Crippen molar-refractivity contribution in [3.63, 3.8) is 0 Å². The van der Waals surface area contributed by atoms with Crippen molar-refractivity contribution in [1.82, 2.24) is 10.2 Å². The van der Waals surface area contributed by atoms with Gasteiger partial charge in [-0.15, -0.1) is 0 Å². The summed E-state index contributed by atoms with van der Waals surface area (Å²) in [5.74, 6) is 1.07. The summed E-state index contributed by atoms with van der Waals surface area (Å²) in [5.41, 5.74) is 0. The molecule has 1 aliphatic heterocycles. The Morgan fingerprint density at radius 2 is 1.77 bits per heavy atom. The van der Waals surface area contributed by atoms with Crippen LogP contribution in [0.5, 0.6) is 0 Å². The molecular formula is C21H36N2O3. The largest absolute Gasteiger partial charge is 0.380 e. The van der Waals surface area contributed by atoms with E-state index in [0.29, 0.717) is 26.2 Å². The second kappa shape index (κ2) is 10.3. The van der Waals surface area contributed by atoms with Gasteiger partial charge >= 0.3 is 0 Å². The van der Waals surface area contributed by atoms with Crippen LogP contribution in [0.2, 0.25) is 0 Å². The average molecular weight is 365 g/mol. The number of rotatable bonds is 3. The van der Waals surface area contributed by atoms with E-state index in [1.54, 1.807) is 0 Å². The average Bonchev–Trinajstić information content (AvgIpc) is 2.72. The van der Waals surface area contributed by atoms with Gasteiger partial charge in [-0.3, -0.25) is 9.59 Å². The van der Waals surface area contributed by atoms with Crippen LogP contribution in [-0.2, 0) is 14.3 Å². The Kier molecular flexibility index (Phi) is 7.78. The minimum Gasteiger partial charge on any atom is -0.380 e. The van der Waals surface area contributed by atoms with Gasteiger partial charge in [0.05, 0.1) is 12.5 Å². The smallest absolute Gasteiger partial charge is 0.225 e. The molecule has 1 N–H and O–H groups in total. The molecule has 0 bridgehead atoms. The van der Waals surface area contributed by atoms with Gasteiger partial charge in [0, 0.05) is 32.2 Å². The van der Waals surface area contributed by atoms with E-state index in [2.05, 4.69) is 10.2 Å². The zero-order valence-corrected chi connectivity index (χ0v) is 16.2. The minimum absolute atomic E-state index is 0.0412. The molecule has 0 radical (unpaired) electrons. The van der Waals surface area contributed by atoms with Gasteiger partial charge in [-0.25, -0.2) is 0 Å². The highest BCUT2D eigenvalue weighted by atomic mass is 16.5. The van der Waals surface area contributed by atoms with Crippen molar-refractivity contribution in [2.45, 2.75) is 83.1 Å². The Labute approximate surface area is 158 Å². The number of nitrogens with zero attached hydrogens (tertiary/aromatic N) is 1. The number of carbonyl (C=O) groups is 2. The lowest BCUT2D eigenvalue weighted by Crippen LogP contribution is -2.51. The van der Waals surface area contributed by atoms with Crippen LogP contribution in [-0.4, -0.2) is 49.1 Å². The summed E-state index contributed by atoms with van der Waals surface area (Å²) in [4.78, 5) is 27.8. The van der Waals surface area contributed by atoms with Crippen molar-refractivity contribution in [3.8, 4) is 0 Å². The quantitative estimate of drug-likeness (QED) is 0.836. The lowest BCUT2D eigenvalue weighted by atomic mass is 9.82. The van der Waals surface area contributed by atoms with Gasteiger partial charge in [0.25, 0.3) is 0 Å². The van der Waals surface area contributed by atoms with Crippen molar-refractivity contribution in [2.75, 3.05) is 26.3 Å². The van der Waals surface area contributed by atoms with E-state index in [0.717, 1.165) is 51.0 Å². The first kappa shape index (κ1) is 19.7. The summed E-state index contributed by atoms with van der Waals surface area (Å²) in [6, 6.07) is 0.0840. The van der Waals surface area contributed by atoms with Crippen LogP contribution in [0.1, 0.15) is 77.0 Å². The van der Waals surface area contributed by atoms with Crippen LogP contribution in [0, 0.1) is 11.8 Å². The van der Waals surface area contributed by atoms with Crippen molar-refractivity contribution in [1.29, 1.82) is 0 Å². The summed E-state index contributed by atoms with van der Waals surface area (Å²) in [6.07, 6.45) is 13.2. The third-order valence-electron chi connectivity index (χ3n) is 6.51. The lowest BCUT2D eigenvalue weighted by molar-refractivity contribution is -0.139. The first-order chi connectivity index (χ1) is 12.8. The third kappa shape index (κ3) is 5.45. The van der Waals surface area contributed by atoms with Crippen LogP contribution in [0.3, 0.4) is 0 Å². The van der Waals surface area contributed by atoms with Crippen LogP contribution in [0.25, 0.3) is 0 Å². The monoisotopic (exact) mass is 364 g/mol. The van der Waals surface area contributed by atoms with Crippen LogP contribution < -0.4 is 5.32 Å². The van der Waals surface area contributed by atoms with E-state index >= 15 is 0 Å². The molecule has 2 amide bonds. The standard InChI is InChI=1S/C21H36N2O3/c24-20(12-11-17-7-2-1-3-8-17)23-14-6-15-26-16-13-22-21(25)18-9-4-5-10-19(18)23/h17-19H,1-16H2,(H,22,25)/t18-,19+/m1/s1. The van der Waals surface area contributed by atoms with Gasteiger partial charge in [0.2, 0.25) is 11.8 Å². The maximum absolute atomic E-state index is 13.1. The van der Waals surface area contributed by atoms with Crippen molar-refractivity contribution >= 4 is 11.8 Å². The molecule has 0 unspecified atom stereocenters. The van der Waals surface area contributed by atoms with Gasteiger partial charge < -0.3 is 15.0 Å². The number of amides is 2. The Balaban J connectivity index is 1.64. The fraction of sp³-hybridized carbons (Fsp3) is 0.905. The summed E-state index contributed by atoms with van der Waals surface area (Å²) in [6.45, 7) is 2.55. The van der Waals surface area contributed by atoms with Crippen LogP contribution in [0.4, 0.5) is 0 Å². The molecule has 26 heavy (non-hydrogen) atoms. The van der Waals surface area contributed by atoms with Gasteiger partial charge in [0.1, 0.15) is 0 Å². The molecule has 0 aromatic carbocycles. The normalized spacial score (nSPS) is 29.4. The second-order valence-corrected chi connectivity index (χ2v) is 8.35. The van der Waals surface area contributed by atoms with Crippen LogP contribution in [0.15, 0.2) is 0 Å². The van der Waals surface area contributed by atoms with Crippen molar-refractivity contribution < 1.29 is 14.3 Å². The molecule has 3 fully saturated rings. The fourth-order valence-electron chi connectivity index (χ4n) is 5.03. The lowest BCUT2D eigenvalue weighted by Gasteiger charge is -2.39. The molecule has 3 rings (SSSR count).